The standard InChI is InChI=1S/C27H42N4O/c1-6-29-19-25(22-9-11-28(12-10-22)18-20(2)3)24-8-7-23(17-26(24)29)27(32)31-15-13-30(14-16-31)21(4)5/h7-8,17,19-22H,6,9-16,18H2,1-5H3. The second-order valence-corrected chi connectivity index (χ2v) is 10.5. The minimum atomic E-state index is 0.183. The van der Waals surface area contributed by atoms with E-state index in [-0.39, 0.29) is 5.91 Å². The molecule has 5 heteroatoms. The minimum Gasteiger partial charge on any atom is -0.347 e. The molecule has 0 spiro atoms. The summed E-state index contributed by atoms with van der Waals surface area (Å²) in [6.07, 6.45) is 4.83. The van der Waals surface area contributed by atoms with Crippen molar-refractivity contribution in [2.75, 3.05) is 45.8 Å². The molecule has 0 N–H and O–H groups in total. The summed E-state index contributed by atoms with van der Waals surface area (Å²) in [7, 11) is 0. The highest BCUT2D eigenvalue weighted by molar-refractivity contribution is 5.99. The summed E-state index contributed by atoms with van der Waals surface area (Å²) >= 11 is 0. The summed E-state index contributed by atoms with van der Waals surface area (Å²) in [6.45, 7) is 19.4. The number of piperazine rings is 1. The number of likely N-dealkylation sites (tertiary alicyclic amines) is 1. The monoisotopic (exact) mass is 438 g/mol. The summed E-state index contributed by atoms with van der Waals surface area (Å²) in [6, 6.07) is 6.98. The van der Waals surface area contributed by atoms with Crippen molar-refractivity contribution in [3.63, 3.8) is 0 Å². The van der Waals surface area contributed by atoms with Gasteiger partial charge in [0, 0.05) is 68.0 Å². The van der Waals surface area contributed by atoms with E-state index in [1.54, 1.807) is 0 Å². The average molecular weight is 439 g/mol. The Morgan fingerprint density at radius 1 is 1.00 bits per heavy atom. The molecule has 0 saturated carbocycles. The lowest BCUT2D eigenvalue weighted by Gasteiger charge is -2.37. The number of amides is 1. The van der Waals surface area contributed by atoms with Gasteiger partial charge in [-0.25, -0.2) is 0 Å². The Labute approximate surface area is 194 Å². The average Bonchev–Trinajstić information content (AvgIpc) is 3.17. The second kappa shape index (κ2) is 9.96. The summed E-state index contributed by atoms with van der Waals surface area (Å²) in [4.78, 5) is 20.4. The third-order valence-electron chi connectivity index (χ3n) is 7.48. The van der Waals surface area contributed by atoms with Gasteiger partial charge in [0.1, 0.15) is 0 Å². The fourth-order valence-corrected chi connectivity index (χ4v) is 5.61. The van der Waals surface area contributed by atoms with Crippen LogP contribution in [0.25, 0.3) is 10.9 Å². The van der Waals surface area contributed by atoms with Crippen molar-refractivity contribution >= 4 is 16.8 Å². The zero-order chi connectivity index (χ0) is 22.8. The molecule has 3 heterocycles. The van der Waals surface area contributed by atoms with E-state index in [1.165, 1.54) is 48.9 Å². The molecule has 0 radical (unpaired) electrons. The maximum Gasteiger partial charge on any atom is 0.254 e. The molecule has 32 heavy (non-hydrogen) atoms. The maximum atomic E-state index is 13.2. The number of aryl methyl sites for hydroxylation is 1. The molecule has 2 aromatic rings. The molecule has 1 amide bonds. The zero-order valence-corrected chi connectivity index (χ0v) is 20.8. The van der Waals surface area contributed by atoms with E-state index in [0.717, 1.165) is 44.2 Å². The molecule has 176 valence electrons. The van der Waals surface area contributed by atoms with Crippen molar-refractivity contribution in [2.24, 2.45) is 5.92 Å². The van der Waals surface area contributed by atoms with Gasteiger partial charge in [0.25, 0.3) is 5.91 Å². The number of rotatable bonds is 6. The van der Waals surface area contributed by atoms with E-state index < -0.39 is 0 Å². The van der Waals surface area contributed by atoms with E-state index in [2.05, 4.69) is 73.4 Å². The first-order valence-corrected chi connectivity index (χ1v) is 12.8. The molecule has 5 nitrogen and oxygen atoms in total. The number of hydrogen-bond acceptors (Lipinski definition) is 3. The van der Waals surface area contributed by atoms with E-state index in [9.17, 15) is 4.79 Å². The van der Waals surface area contributed by atoms with Gasteiger partial charge >= 0.3 is 0 Å². The number of fused-ring (bicyclic) bond motifs is 1. The van der Waals surface area contributed by atoms with E-state index in [4.69, 9.17) is 0 Å². The van der Waals surface area contributed by atoms with Gasteiger partial charge < -0.3 is 14.4 Å². The Kier molecular flexibility index (Phi) is 7.26. The van der Waals surface area contributed by atoms with Crippen LogP contribution in [-0.4, -0.2) is 77.0 Å². The summed E-state index contributed by atoms with van der Waals surface area (Å²) in [5.74, 6) is 1.54. The summed E-state index contributed by atoms with van der Waals surface area (Å²) in [5.41, 5.74) is 3.54. The predicted molar refractivity (Wildman–Crippen MR) is 133 cm³/mol. The highest BCUT2D eigenvalue weighted by Gasteiger charge is 2.26. The van der Waals surface area contributed by atoms with Gasteiger partial charge in [-0.05, 0) is 76.2 Å². The van der Waals surface area contributed by atoms with Crippen molar-refractivity contribution < 1.29 is 4.79 Å². The molecule has 0 unspecified atom stereocenters. The number of nitrogens with zero attached hydrogens (tertiary/aromatic N) is 4. The largest absolute Gasteiger partial charge is 0.347 e. The van der Waals surface area contributed by atoms with Crippen LogP contribution >= 0.6 is 0 Å². The SMILES string of the molecule is CCn1cc(C2CCN(CC(C)C)CC2)c2ccc(C(=O)N3CCN(C(C)C)CC3)cc21. The van der Waals surface area contributed by atoms with Crippen LogP contribution in [0.2, 0.25) is 0 Å². The van der Waals surface area contributed by atoms with E-state index in [0.29, 0.717) is 12.0 Å². The first-order chi connectivity index (χ1) is 15.4. The predicted octanol–water partition coefficient (Wildman–Crippen LogP) is 4.66. The Bertz CT molecular complexity index is 915. The number of hydrogen-bond donors (Lipinski definition) is 0. The third kappa shape index (κ3) is 4.89. The fraction of sp³-hybridized carbons (Fsp3) is 0.667. The second-order valence-electron chi connectivity index (χ2n) is 10.5. The molecule has 4 rings (SSSR count). The lowest BCUT2D eigenvalue weighted by molar-refractivity contribution is 0.0595. The van der Waals surface area contributed by atoms with E-state index in [1.807, 2.05) is 4.90 Å². The lowest BCUT2D eigenvalue weighted by Crippen LogP contribution is -2.50. The molecular formula is C27H42N4O. The number of benzene rings is 1. The van der Waals surface area contributed by atoms with Crippen LogP contribution in [0.15, 0.2) is 24.4 Å². The van der Waals surface area contributed by atoms with Crippen molar-refractivity contribution in [1.82, 2.24) is 19.3 Å². The van der Waals surface area contributed by atoms with Crippen LogP contribution in [0, 0.1) is 5.92 Å². The zero-order valence-electron chi connectivity index (χ0n) is 20.8. The Morgan fingerprint density at radius 2 is 1.69 bits per heavy atom. The number of piperidine rings is 1. The van der Waals surface area contributed by atoms with Gasteiger partial charge in [-0.2, -0.15) is 0 Å². The van der Waals surface area contributed by atoms with Gasteiger partial charge in [0.2, 0.25) is 0 Å². The van der Waals surface area contributed by atoms with Crippen molar-refractivity contribution in [1.29, 1.82) is 0 Å². The number of aromatic nitrogens is 1. The van der Waals surface area contributed by atoms with Gasteiger partial charge in [-0.1, -0.05) is 19.9 Å². The molecule has 0 atom stereocenters. The van der Waals surface area contributed by atoms with Crippen molar-refractivity contribution in [2.45, 2.75) is 66.0 Å². The van der Waals surface area contributed by atoms with Crippen LogP contribution < -0.4 is 0 Å². The third-order valence-corrected chi connectivity index (χ3v) is 7.48. The molecule has 0 aliphatic carbocycles. The summed E-state index contributed by atoms with van der Waals surface area (Å²) < 4.78 is 2.35. The molecule has 2 aliphatic rings. The van der Waals surface area contributed by atoms with Crippen molar-refractivity contribution in [3.05, 3.63) is 35.5 Å². The summed E-state index contributed by atoms with van der Waals surface area (Å²) in [5, 5.41) is 1.34. The van der Waals surface area contributed by atoms with Gasteiger partial charge in [0.15, 0.2) is 0 Å². The van der Waals surface area contributed by atoms with Crippen LogP contribution in [0.5, 0.6) is 0 Å². The van der Waals surface area contributed by atoms with Gasteiger partial charge in [0.05, 0.1) is 0 Å². The Balaban J connectivity index is 1.51. The highest BCUT2D eigenvalue weighted by Crippen LogP contribution is 2.35. The normalized spacial score (nSPS) is 19.5. The van der Waals surface area contributed by atoms with Crippen LogP contribution in [0.4, 0.5) is 0 Å². The molecule has 2 aliphatic heterocycles. The van der Waals surface area contributed by atoms with Gasteiger partial charge in [-0.15, -0.1) is 0 Å². The first kappa shape index (κ1) is 23.3. The Morgan fingerprint density at radius 3 is 2.28 bits per heavy atom. The van der Waals surface area contributed by atoms with Crippen molar-refractivity contribution in [3.8, 4) is 0 Å². The fourth-order valence-electron chi connectivity index (χ4n) is 5.61. The molecule has 2 fully saturated rings. The first-order valence-electron chi connectivity index (χ1n) is 12.8. The number of carbonyl (C=O) groups excluding carboxylic acids is 1. The van der Waals surface area contributed by atoms with Crippen LogP contribution in [0.3, 0.4) is 0 Å². The topological polar surface area (TPSA) is 31.7 Å². The molecule has 0 bridgehead atoms. The lowest BCUT2D eigenvalue weighted by atomic mass is 9.88. The van der Waals surface area contributed by atoms with Gasteiger partial charge in [-0.3, -0.25) is 9.69 Å². The number of carbonyl (C=O) groups is 1. The van der Waals surface area contributed by atoms with Crippen LogP contribution in [0.1, 0.15) is 69.3 Å². The smallest absolute Gasteiger partial charge is 0.254 e. The minimum absolute atomic E-state index is 0.183. The van der Waals surface area contributed by atoms with E-state index >= 15 is 0 Å². The molecule has 1 aromatic carbocycles. The quantitative estimate of drug-likeness (QED) is 0.657. The highest BCUT2D eigenvalue weighted by atomic mass is 16.2. The maximum absolute atomic E-state index is 13.2. The van der Waals surface area contributed by atoms with Crippen LogP contribution in [-0.2, 0) is 6.54 Å². The Hall–Kier alpha value is -1.85. The molecule has 2 saturated heterocycles. The molecule has 1 aromatic heterocycles. The molecular weight excluding hydrogens is 396 g/mol.